The summed E-state index contributed by atoms with van der Waals surface area (Å²) in [5.41, 5.74) is 3.42. The van der Waals surface area contributed by atoms with Crippen molar-refractivity contribution in [1.82, 2.24) is 25.1 Å². The summed E-state index contributed by atoms with van der Waals surface area (Å²) >= 11 is 0. The first-order chi connectivity index (χ1) is 27.6. The zero-order valence-corrected chi connectivity index (χ0v) is 33.4. The van der Waals surface area contributed by atoms with Crippen molar-refractivity contribution in [3.63, 3.8) is 0 Å². The van der Waals surface area contributed by atoms with Crippen LogP contribution in [0.3, 0.4) is 0 Å². The van der Waals surface area contributed by atoms with Gasteiger partial charge in [-0.15, -0.1) is 0 Å². The number of hydrogen-bond donors (Lipinski definition) is 1. The predicted molar refractivity (Wildman–Crippen MR) is 216 cm³/mol. The second-order valence-corrected chi connectivity index (χ2v) is 14.2. The van der Waals surface area contributed by atoms with Crippen molar-refractivity contribution in [2.45, 2.75) is 31.7 Å². The highest BCUT2D eigenvalue weighted by molar-refractivity contribution is 6.05. The molecular weight excluding hydrogens is 730 g/mol. The molecule has 0 bridgehead atoms. The molecule has 1 N–H and O–H groups in total. The summed E-state index contributed by atoms with van der Waals surface area (Å²) in [6.45, 7) is 6.15. The standard InChI is InChI=1S/C44H52FN5O7/c1-6-57-38(51)20-23-48-26-28-49(29-27-48)43(53)46-44(32-12-8-7-9-13-32)21-24-50(25-22-44)47(2)42(52)36-30-37(54-3)40(55-4)41(56-5)39(36)35-15-11-10-14-34(35)31-16-18-33(45)19-17-31/h7-19,30H,6,20-29H2,1-5H3,(H,46,53). The molecule has 0 aliphatic carbocycles. The summed E-state index contributed by atoms with van der Waals surface area (Å²) < 4.78 is 36.5. The molecule has 0 radical (unpaired) electrons. The number of hydrazine groups is 1. The van der Waals surface area contributed by atoms with Gasteiger partial charge in [-0.2, -0.15) is 0 Å². The van der Waals surface area contributed by atoms with Gasteiger partial charge in [-0.25, -0.2) is 14.2 Å². The molecule has 6 rings (SSSR count). The van der Waals surface area contributed by atoms with Gasteiger partial charge in [0.15, 0.2) is 11.5 Å². The second-order valence-electron chi connectivity index (χ2n) is 14.2. The van der Waals surface area contributed by atoms with Crippen molar-refractivity contribution in [3.05, 3.63) is 102 Å². The average molecular weight is 782 g/mol. The van der Waals surface area contributed by atoms with Gasteiger partial charge < -0.3 is 29.2 Å². The topological polar surface area (TPSA) is 113 Å². The first-order valence-corrected chi connectivity index (χ1v) is 19.3. The van der Waals surface area contributed by atoms with E-state index in [1.165, 1.54) is 33.5 Å². The van der Waals surface area contributed by atoms with Gasteiger partial charge in [0.1, 0.15) is 5.82 Å². The van der Waals surface area contributed by atoms with Crippen LogP contribution in [0.2, 0.25) is 0 Å². The Morgan fingerprint density at radius 3 is 2.04 bits per heavy atom. The highest BCUT2D eigenvalue weighted by Crippen LogP contribution is 2.49. The first kappa shape index (κ1) is 41.0. The number of piperidine rings is 1. The van der Waals surface area contributed by atoms with Crippen LogP contribution in [0, 0.1) is 5.82 Å². The molecule has 2 fully saturated rings. The Labute approximate surface area is 334 Å². The van der Waals surface area contributed by atoms with Gasteiger partial charge in [-0.05, 0) is 60.2 Å². The third kappa shape index (κ3) is 9.00. The predicted octanol–water partition coefficient (Wildman–Crippen LogP) is 6.44. The third-order valence-corrected chi connectivity index (χ3v) is 11.0. The average Bonchev–Trinajstić information content (AvgIpc) is 3.25. The number of nitrogens with zero attached hydrogens (tertiary/aromatic N) is 4. The molecule has 13 heteroatoms. The number of esters is 1. The van der Waals surface area contributed by atoms with Gasteiger partial charge in [0, 0.05) is 58.4 Å². The van der Waals surface area contributed by atoms with Crippen molar-refractivity contribution in [2.24, 2.45) is 0 Å². The number of carbonyl (C=O) groups excluding carboxylic acids is 3. The van der Waals surface area contributed by atoms with Crippen LogP contribution in [0.4, 0.5) is 9.18 Å². The van der Waals surface area contributed by atoms with E-state index in [0.29, 0.717) is 106 Å². The van der Waals surface area contributed by atoms with Crippen molar-refractivity contribution < 1.29 is 37.7 Å². The normalized spacial score (nSPS) is 15.7. The molecule has 57 heavy (non-hydrogen) atoms. The van der Waals surface area contributed by atoms with E-state index in [9.17, 15) is 18.8 Å². The molecule has 4 aromatic carbocycles. The van der Waals surface area contributed by atoms with Gasteiger partial charge in [0.2, 0.25) is 5.75 Å². The molecule has 3 amide bonds. The number of halogens is 1. The van der Waals surface area contributed by atoms with Crippen LogP contribution in [0.25, 0.3) is 22.3 Å². The lowest BCUT2D eigenvalue weighted by atomic mass is 9.81. The lowest BCUT2D eigenvalue weighted by molar-refractivity contribution is -0.143. The summed E-state index contributed by atoms with van der Waals surface area (Å²) in [6, 6.07) is 25.3. The number of carbonyl (C=O) groups is 3. The zero-order valence-electron chi connectivity index (χ0n) is 33.4. The molecule has 2 saturated heterocycles. The molecule has 0 saturated carbocycles. The lowest BCUT2D eigenvalue weighted by Gasteiger charge is -2.46. The summed E-state index contributed by atoms with van der Waals surface area (Å²) in [4.78, 5) is 44.6. The Kier molecular flexibility index (Phi) is 13.3. The van der Waals surface area contributed by atoms with E-state index in [4.69, 9.17) is 18.9 Å². The minimum absolute atomic E-state index is 0.135. The van der Waals surface area contributed by atoms with Crippen LogP contribution < -0.4 is 19.5 Å². The fourth-order valence-electron chi connectivity index (χ4n) is 7.84. The molecule has 0 aromatic heterocycles. The number of amides is 3. The number of rotatable bonds is 13. The maximum atomic E-state index is 14.8. The summed E-state index contributed by atoms with van der Waals surface area (Å²) in [5, 5.41) is 7.03. The molecule has 0 atom stereocenters. The third-order valence-electron chi connectivity index (χ3n) is 11.0. The molecule has 12 nitrogen and oxygen atoms in total. The molecule has 4 aromatic rings. The molecule has 2 heterocycles. The van der Waals surface area contributed by atoms with E-state index < -0.39 is 5.54 Å². The quantitative estimate of drug-likeness (QED) is 0.153. The Bertz CT molecular complexity index is 2010. The van der Waals surface area contributed by atoms with Crippen molar-refractivity contribution in [3.8, 4) is 39.5 Å². The van der Waals surface area contributed by atoms with E-state index >= 15 is 0 Å². The Morgan fingerprint density at radius 1 is 0.789 bits per heavy atom. The number of urea groups is 1. The first-order valence-electron chi connectivity index (χ1n) is 19.3. The fraction of sp³-hybridized carbons (Fsp3) is 0.386. The molecule has 0 spiro atoms. The molecule has 302 valence electrons. The number of methoxy groups -OCH3 is 3. The Morgan fingerprint density at radius 2 is 1.42 bits per heavy atom. The number of nitrogens with one attached hydrogen (secondary N) is 1. The maximum absolute atomic E-state index is 14.8. The van der Waals surface area contributed by atoms with Gasteiger partial charge in [-0.3, -0.25) is 19.5 Å². The van der Waals surface area contributed by atoms with Crippen molar-refractivity contribution >= 4 is 17.9 Å². The SMILES string of the molecule is CCOC(=O)CCN1CCN(C(=O)NC2(c3ccccc3)CCN(N(C)C(=O)c3cc(OC)c(OC)c(OC)c3-c3ccccc3-c3ccc(F)cc3)CC2)CC1. The van der Waals surface area contributed by atoms with Crippen LogP contribution in [-0.2, 0) is 15.1 Å². The minimum atomic E-state index is -0.661. The molecule has 2 aliphatic rings. The molecule has 0 unspecified atom stereocenters. The van der Waals surface area contributed by atoms with Crippen molar-refractivity contribution in [2.75, 3.05) is 80.8 Å². The molecule has 2 aliphatic heterocycles. The summed E-state index contributed by atoms with van der Waals surface area (Å²) in [5.74, 6) is 0.137. The number of benzene rings is 4. The Hall–Kier alpha value is -5.66. The van der Waals surface area contributed by atoms with Crippen LogP contribution in [0.15, 0.2) is 84.9 Å². The van der Waals surface area contributed by atoms with Crippen LogP contribution >= 0.6 is 0 Å². The van der Waals surface area contributed by atoms with Gasteiger partial charge in [0.05, 0.1) is 45.5 Å². The van der Waals surface area contributed by atoms with Crippen molar-refractivity contribution in [1.29, 1.82) is 0 Å². The van der Waals surface area contributed by atoms with E-state index in [0.717, 1.165) is 16.7 Å². The monoisotopic (exact) mass is 781 g/mol. The van der Waals surface area contributed by atoms with Crippen LogP contribution in [0.1, 0.15) is 42.1 Å². The van der Waals surface area contributed by atoms with E-state index in [-0.39, 0.29) is 23.7 Å². The molecular formula is C44H52FN5O7. The zero-order chi connectivity index (χ0) is 40.5. The summed E-state index contributed by atoms with van der Waals surface area (Å²) in [7, 11) is 6.30. The summed E-state index contributed by atoms with van der Waals surface area (Å²) in [6.07, 6.45) is 1.43. The van der Waals surface area contributed by atoms with E-state index in [1.807, 2.05) is 64.5 Å². The smallest absolute Gasteiger partial charge is 0.318 e. The largest absolute Gasteiger partial charge is 0.493 e. The van der Waals surface area contributed by atoms with E-state index in [2.05, 4.69) is 10.2 Å². The minimum Gasteiger partial charge on any atom is -0.493 e. The van der Waals surface area contributed by atoms with E-state index in [1.54, 1.807) is 37.2 Å². The van der Waals surface area contributed by atoms with Crippen LogP contribution in [-0.4, -0.2) is 119 Å². The number of ether oxygens (including phenoxy) is 4. The number of piperazine rings is 1. The van der Waals surface area contributed by atoms with Crippen LogP contribution in [0.5, 0.6) is 17.2 Å². The fourth-order valence-corrected chi connectivity index (χ4v) is 7.84. The maximum Gasteiger partial charge on any atom is 0.318 e. The van der Waals surface area contributed by atoms with Gasteiger partial charge in [0.25, 0.3) is 5.91 Å². The Balaban J connectivity index is 1.24. The van der Waals surface area contributed by atoms with Gasteiger partial charge in [-0.1, -0.05) is 66.7 Å². The van der Waals surface area contributed by atoms with Gasteiger partial charge >= 0.3 is 12.0 Å². The highest BCUT2D eigenvalue weighted by atomic mass is 19.1. The number of hydrogen-bond acceptors (Lipinski definition) is 9. The lowest BCUT2D eigenvalue weighted by Crippen LogP contribution is -2.60. The highest BCUT2D eigenvalue weighted by Gasteiger charge is 2.41. The second kappa shape index (κ2) is 18.5.